The molecule has 2 aromatic rings. The Bertz CT molecular complexity index is 649. The van der Waals surface area contributed by atoms with Crippen molar-refractivity contribution < 1.29 is 9.53 Å². The maximum atomic E-state index is 11.8. The Morgan fingerprint density at radius 2 is 2.10 bits per heavy atom. The number of halogens is 1. The Hall–Kier alpha value is -1.53. The van der Waals surface area contributed by atoms with Crippen molar-refractivity contribution >= 4 is 44.3 Å². The minimum absolute atomic E-state index is 0.299. The van der Waals surface area contributed by atoms with E-state index < -0.39 is 0 Å². The molecule has 2 amide bonds. The van der Waals surface area contributed by atoms with Crippen LogP contribution in [0.25, 0.3) is 10.2 Å². The molecule has 5 nitrogen and oxygen atoms in total. The number of anilines is 1. The fourth-order valence-corrected chi connectivity index (χ4v) is 2.79. The number of methoxy groups -OCH3 is 1. The van der Waals surface area contributed by atoms with E-state index in [2.05, 4.69) is 15.6 Å². The lowest BCUT2D eigenvalue weighted by Gasteiger charge is -2.19. The molecule has 2 rings (SSSR count). The van der Waals surface area contributed by atoms with Gasteiger partial charge in [-0.1, -0.05) is 22.9 Å². The van der Waals surface area contributed by atoms with Gasteiger partial charge in [-0.05, 0) is 32.9 Å². The van der Waals surface area contributed by atoms with Crippen molar-refractivity contribution in [3.05, 3.63) is 17.2 Å². The second-order valence-corrected chi connectivity index (χ2v) is 6.68. The van der Waals surface area contributed by atoms with Gasteiger partial charge in [0.2, 0.25) is 0 Å². The Labute approximate surface area is 126 Å². The number of nitrogens with one attached hydrogen (secondary N) is 2. The van der Waals surface area contributed by atoms with Crippen LogP contribution in [0.2, 0.25) is 5.02 Å². The number of carbonyl (C=O) groups excluding carboxylic acids is 1. The molecule has 0 bridgehead atoms. The van der Waals surface area contributed by atoms with Gasteiger partial charge in [0.15, 0.2) is 5.13 Å². The molecule has 0 radical (unpaired) electrons. The minimum atomic E-state index is -0.309. The number of nitrogens with zero attached hydrogens (tertiary/aromatic N) is 1. The van der Waals surface area contributed by atoms with Crippen molar-refractivity contribution in [2.24, 2.45) is 0 Å². The molecular weight excluding hydrogens is 298 g/mol. The summed E-state index contributed by atoms with van der Waals surface area (Å²) in [5.74, 6) is 0.630. The number of rotatable bonds is 2. The summed E-state index contributed by atoms with van der Waals surface area (Å²) in [7, 11) is 1.57. The number of benzene rings is 1. The average Bonchev–Trinajstić information content (AvgIpc) is 2.71. The Kier molecular flexibility index (Phi) is 4.06. The van der Waals surface area contributed by atoms with Crippen LogP contribution in [0.5, 0.6) is 5.75 Å². The molecule has 2 N–H and O–H groups in total. The van der Waals surface area contributed by atoms with Gasteiger partial charge in [0.25, 0.3) is 0 Å². The first-order valence-electron chi connectivity index (χ1n) is 6.02. The predicted octanol–water partition coefficient (Wildman–Crippen LogP) is 3.88. The van der Waals surface area contributed by atoms with Gasteiger partial charge in [-0.2, -0.15) is 0 Å². The second-order valence-electron chi connectivity index (χ2n) is 5.28. The number of urea groups is 1. The lowest BCUT2D eigenvalue weighted by atomic mass is 10.1. The zero-order valence-corrected chi connectivity index (χ0v) is 13.3. The summed E-state index contributed by atoms with van der Waals surface area (Å²) in [6, 6.07) is 3.20. The highest BCUT2D eigenvalue weighted by Crippen LogP contribution is 2.37. The largest absolute Gasteiger partial charge is 0.494 e. The van der Waals surface area contributed by atoms with Crippen molar-refractivity contribution in [1.82, 2.24) is 10.3 Å². The van der Waals surface area contributed by atoms with Crippen molar-refractivity contribution in [1.29, 1.82) is 0 Å². The zero-order chi connectivity index (χ0) is 14.9. The van der Waals surface area contributed by atoms with Crippen molar-refractivity contribution in [2.75, 3.05) is 12.4 Å². The third-order valence-corrected chi connectivity index (χ3v) is 3.82. The van der Waals surface area contributed by atoms with Gasteiger partial charge in [-0.3, -0.25) is 5.32 Å². The zero-order valence-electron chi connectivity index (χ0n) is 11.7. The van der Waals surface area contributed by atoms with E-state index in [-0.39, 0.29) is 11.6 Å². The summed E-state index contributed by atoms with van der Waals surface area (Å²) in [6.07, 6.45) is 0. The second kappa shape index (κ2) is 5.46. The van der Waals surface area contributed by atoms with Gasteiger partial charge in [0.1, 0.15) is 11.3 Å². The molecule has 0 spiro atoms. The molecule has 20 heavy (non-hydrogen) atoms. The highest BCUT2D eigenvalue weighted by atomic mass is 35.5. The molecule has 7 heteroatoms. The normalized spacial score (nSPS) is 11.4. The van der Waals surface area contributed by atoms with Gasteiger partial charge in [0.05, 0.1) is 16.8 Å². The first-order valence-corrected chi connectivity index (χ1v) is 7.22. The first-order chi connectivity index (χ1) is 9.30. The SMILES string of the molecule is COc1ccc(Cl)c2sc(NC(=O)NC(C)(C)C)nc12. The van der Waals surface area contributed by atoms with Gasteiger partial charge < -0.3 is 10.1 Å². The van der Waals surface area contributed by atoms with Crippen molar-refractivity contribution in [3.8, 4) is 5.75 Å². The molecule has 0 aliphatic carbocycles. The third kappa shape index (κ3) is 3.32. The Morgan fingerprint density at radius 3 is 2.70 bits per heavy atom. The molecular formula is C13H16ClN3O2S. The predicted molar refractivity (Wildman–Crippen MR) is 83.1 cm³/mol. The quantitative estimate of drug-likeness (QED) is 0.884. The molecule has 1 aromatic carbocycles. The van der Waals surface area contributed by atoms with Gasteiger partial charge in [-0.15, -0.1) is 0 Å². The van der Waals surface area contributed by atoms with Crippen LogP contribution in [0.3, 0.4) is 0 Å². The van der Waals surface area contributed by atoms with Crippen molar-refractivity contribution in [2.45, 2.75) is 26.3 Å². The monoisotopic (exact) mass is 313 g/mol. The van der Waals surface area contributed by atoms with Crippen LogP contribution in [0, 0.1) is 0 Å². The number of thiazole rings is 1. The highest BCUT2D eigenvalue weighted by Gasteiger charge is 2.17. The van der Waals surface area contributed by atoms with Crippen LogP contribution in [0.1, 0.15) is 20.8 Å². The van der Waals surface area contributed by atoms with E-state index in [0.29, 0.717) is 21.4 Å². The fraction of sp³-hybridized carbons (Fsp3) is 0.385. The summed E-state index contributed by atoms with van der Waals surface area (Å²) < 4.78 is 6.03. The third-order valence-electron chi connectivity index (χ3n) is 2.39. The Morgan fingerprint density at radius 1 is 1.40 bits per heavy atom. The van der Waals surface area contributed by atoms with Crippen LogP contribution in [0.15, 0.2) is 12.1 Å². The van der Waals surface area contributed by atoms with Crippen molar-refractivity contribution in [3.63, 3.8) is 0 Å². The summed E-state index contributed by atoms with van der Waals surface area (Å²) >= 11 is 7.44. The number of carbonyl (C=O) groups is 1. The van der Waals surface area contributed by atoms with Crippen LogP contribution in [0.4, 0.5) is 9.93 Å². The summed E-state index contributed by atoms with van der Waals surface area (Å²) in [4.78, 5) is 16.2. The number of ether oxygens (including phenoxy) is 1. The minimum Gasteiger partial charge on any atom is -0.494 e. The molecule has 108 valence electrons. The van der Waals surface area contributed by atoms with E-state index in [1.165, 1.54) is 11.3 Å². The molecule has 0 aliphatic rings. The summed E-state index contributed by atoms with van der Waals surface area (Å²) in [6.45, 7) is 5.72. The molecule has 0 unspecified atom stereocenters. The maximum Gasteiger partial charge on any atom is 0.321 e. The maximum absolute atomic E-state index is 11.8. The van der Waals surface area contributed by atoms with E-state index in [1.807, 2.05) is 20.8 Å². The number of aromatic nitrogens is 1. The van der Waals surface area contributed by atoms with Gasteiger partial charge >= 0.3 is 6.03 Å². The number of amides is 2. The topological polar surface area (TPSA) is 63.2 Å². The molecule has 0 aliphatic heterocycles. The van der Waals surface area contributed by atoms with E-state index in [1.54, 1.807) is 19.2 Å². The van der Waals surface area contributed by atoms with Crippen LogP contribution in [-0.2, 0) is 0 Å². The van der Waals surface area contributed by atoms with E-state index in [0.717, 1.165) is 4.70 Å². The molecule has 0 atom stereocenters. The van der Waals surface area contributed by atoms with Crippen LogP contribution < -0.4 is 15.4 Å². The fourth-order valence-electron chi connectivity index (χ4n) is 1.64. The molecule has 0 saturated carbocycles. The number of hydrogen-bond acceptors (Lipinski definition) is 4. The Balaban J connectivity index is 2.28. The smallest absolute Gasteiger partial charge is 0.321 e. The van der Waals surface area contributed by atoms with Gasteiger partial charge in [-0.25, -0.2) is 9.78 Å². The number of hydrogen-bond donors (Lipinski definition) is 2. The first kappa shape index (κ1) is 14.9. The number of fused-ring (bicyclic) bond motifs is 1. The van der Waals surface area contributed by atoms with Crippen LogP contribution in [-0.4, -0.2) is 23.7 Å². The van der Waals surface area contributed by atoms with Gasteiger partial charge in [0, 0.05) is 5.54 Å². The molecule has 0 saturated heterocycles. The lowest BCUT2D eigenvalue weighted by molar-refractivity contribution is 0.244. The van der Waals surface area contributed by atoms with E-state index in [4.69, 9.17) is 16.3 Å². The van der Waals surface area contributed by atoms with E-state index >= 15 is 0 Å². The summed E-state index contributed by atoms with van der Waals surface area (Å²) in [5.41, 5.74) is 0.340. The summed E-state index contributed by atoms with van der Waals surface area (Å²) in [5, 5.41) is 6.58. The average molecular weight is 314 g/mol. The van der Waals surface area contributed by atoms with Crippen LogP contribution >= 0.6 is 22.9 Å². The van der Waals surface area contributed by atoms with E-state index in [9.17, 15) is 4.79 Å². The molecule has 1 heterocycles. The highest BCUT2D eigenvalue weighted by molar-refractivity contribution is 7.23. The lowest BCUT2D eigenvalue weighted by Crippen LogP contribution is -2.43. The molecule has 1 aromatic heterocycles. The standard InChI is InChI=1S/C13H16ClN3O2S/c1-13(2,3)17-11(18)16-12-15-9-8(19-4)6-5-7(14)10(9)20-12/h5-6H,1-4H3,(H2,15,16,17,18). The molecule has 0 fully saturated rings.